The van der Waals surface area contributed by atoms with Crippen molar-refractivity contribution in [2.75, 3.05) is 0 Å². The van der Waals surface area contributed by atoms with E-state index in [1.165, 1.54) is 10.8 Å². The predicted octanol–water partition coefficient (Wildman–Crippen LogP) is 14.5. The van der Waals surface area contributed by atoms with Crippen molar-refractivity contribution < 1.29 is 0 Å². The molecule has 0 spiro atoms. The summed E-state index contributed by atoms with van der Waals surface area (Å²) in [5.74, 6) is 0.429. The molecule has 9 aromatic carbocycles. The zero-order valence-corrected chi connectivity index (χ0v) is 37.2. The maximum atomic E-state index is 10.6. The monoisotopic (exact) mass is 890 g/mol. The number of hydrogen-bond donors (Lipinski definition) is 0. The Morgan fingerprint density at radius 2 is 0.786 bits per heavy atom. The third-order valence-corrected chi connectivity index (χ3v) is 13.1. The molecule has 12 rings (SSSR count). The quantitative estimate of drug-likeness (QED) is 0.157. The molecule has 0 aliphatic heterocycles. The Morgan fingerprint density at radius 1 is 0.314 bits per heavy atom. The van der Waals surface area contributed by atoms with Gasteiger partial charge in [-0.1, -0.05) is 115 Å². The number of rotatable bonds is 7. The van der Waals surface area contributed by atoms with Crippen molar-refractivity contribution >= 4 is 43.6 Å². The van der Waals surface area contributed by atoms with Crippen LogP contribution in [0.4, 0.5) is 0 Å². The summed E-state index contributed by atoms with van der Waals surface area (Å²) in [5, 5.41) is 45.1. The van der Waals surface area contributed by atoms with Crippen LogP contribution in [0, 0.1) is 45.3 Å². The van der Waals surface area contributed by atoms with Crippen molar-refractivity contribution in [3.05, 3.63) is 229 Å². The van der Waals surface area contributed by atoms with E-state index in [1.54, 1.807) is 30.3 Å². The maximum absolute atomic E-state index is 10.6. The van der Waals surface area contributed by atoms with Gasteiger partial charge in [-0.3, -0.25) is 0 Å². The number of aromatic nitrogens is 4. The van der Waals surface area contributed by atoms with Gasteiger partial charge in [0.05, 0.1) is 80.0 Å². The van der Waals surface area contributed by atoms with Crippen LogP contribution in [0.15, 0.2) is 206 Å². The standard InChI is InChI=1S/C62H34N8/c63-35-39-9-7-11-44(29-39)56-34-55(67-62(68-56)45-12-8-10-40(30-45)36-64)42-19-21-43(22-20-42)61-47(37-65)31-46(32-48(61)38-66)41-23-25-49(26-24-41)69-59-18-6-3-15-53(59)54-33-50(27-28-60(54)69)70-57-16-4-1-13-51(57)52-14-2-5-17-58(52)70/h1-34H. The number of fused-ring (bicyclic) bond motifs is 6. The van der Waals surface area contributed by atoms with Gasteiger partial charge < -0.3 is 9.13 Å². The lowest BCUT2D eigenvalue weighted by Crippen LogP contribution is -1.97. The van der Waals surface area contributed by atoms with Gasteiger partial charge in [0.2, 0.25) is 0 Å². The van der Waals surface area contributed by atoms with E-state index >= 15 is 0 Å². The zero-order chi connectivity index (χ0) is 47.3. The van der Waals surface area contributed by atoms with Crippen molar-refractivity contribution in [2.45, 2.75) is 0 Å². The maximum Gasteiger partial charge on any atom is 0.160 e. The second kappa shape index (κ2) is 16.8. The van der Waals surface area contributed by atoms with Crippen LogP contribution in [-0.2, 0) is 0 Å². The zero-order valence-electron chi connectivity index (χ0n) is 37.2. The third-order valence-electron chi connectivity index (χ3n) is 13.1. The van der Waals surface area contributed by atoms with Crippen LogP contribution in [0.1, 0.15) is 22.3 Å². The molecule has 0 aliphatic carbocycles. The molecular weight excluding hydrogens is 857 g/mol. The molecule has 0 saturated carbocycles. The van der Waals surface area contributed by atoms with Crippen molar-refractivity contribution in [1.29, 1.82) is 21.0 Å². The van der Waals surface area contributed by atoms with Crippen LogP contribution < -0.4 is 0 Å². The Labute approximate surface area is 402 Å². The lowest BCUT2D eigenvalue weighted by atomic mass is 9.90. The smallest absolute Gasteiger partial charge is 0.160 e. The third kappa shape index (κ3) is 6.90. The summed E-state index contributed by atoms with van der Waals surface area (Å²) in [5.41, 5.74) is 14.7. The summed E-state index contributed by atoms with van der Waals surface area (Å²) in [4.78, 5) is 9.78. The molecule has 0 bridgehead atoms. The number of nitrogens with zero attached hydrogens (tertiary/aromatic N) is 8. The molecule has 0 amide bonds. The van der Waals surface area contributed by atoms with E-state index in [-0.39, 0.29) is 0 Å². The molecule has 0 aliphatic rings. The van der Waals surface area contributed by atoms with E-state index in [2.05, 4.69) is 137 Å². The molecule has 8 nitrogen and oxygen atoms in total. The second-order valence-corrected chi connectivity index (χ2v) is 17.1. The largest absolute Gasteiger partial charge is 0.309 e. The summed E-state index contributed by atoms with van der Waals surface area (Å²) in [6.45, 7) is 0. The molecule has 0 saturated heterocycles. The summed E-state index contributed by atoms with van der Waals surface area (Å²) in [6, 6.07) is 77.3. The molecule has 3 heterocycles. The van der Waals surface area contributed by atoms with Crippen LogP contribution in [-0.4, -0.2) is 19.1 Å². The van der Waals surface area contributed by atoms with Crippen LogP contribution in [0.5, 0.6) is 0 Å². The first-order valence-corrected chi connectivity index (χ1v) is 22.6. The van der Waals surface area contributed by atoms with Crippen LogP contribution in [0.3, 0.4) is 0 Å². The molecule has 12 aromatic rings. The number of nitriles is 4. The Kier molecular flexibility index (Phi) is 9.86. The minimum atomic E-state index is 0.383. The number of para-hydroxylation sites is 3. The molecule has 322 valence electrons. The van der Waals surface area contributed by atoms with Crippen molar-refractivity contribution in [3.63, 3.8) is 0 Å². The molecule has 0 unspecified atom stereocenters. The Bertz CT molecular complexity index is 4120. The average Bonchev–Trinajstić information content (AvgIpc) is 3.95. The normalized spacial score (nSPS) is 11.1. The van der Waals surface area contributed by atoms with Crippen molar-refractivity contribution in [1.82, 2.24) is 19.1 Å². The van der Waals surface area contributed by atoms with Gasteiger partial charge in [-0.2, -0.15) is 21.0 Å². The topological polar surface area (TPSA) is 131 Å². The minimum Gasteiger partial charge on any atom is -0.309 e. The summed E-state index contributed by atoms with van der Waals surface area (Å²) in [6.07, 6.45) is 0. The molecule has 0 N–H and O–H groups in total. The fourth-order valence-electron chi connectivity index (χ4n) is 9.83. The number of benzene rings is 9. The first kappa shape index (κ1) is 41.1. The van der Waals surface area contributed by atoms with Crippen LogP contribution >= 0.6 is 0 Å². The SMILES string of the molecule is N#Cc1cccc(-c2cc(-c3ccc(-c4c(C#N)cc(-c5ccc(-n6c7ccccc7c7cc(-n8c9ccccc9c9ccccc98)ccc76)cc5)cc4C#N)cc3)nc(-c3cccc(C#N)c3)n2)c1. The van der Waals surface area contributed by atoms with E-state index in [1.807, 2.05) is 72.8 Å². The first-order chi connectivity index (χ1) is 34.5. The molecule has 0 atom stereocenters. The van der Waals surface area contributed by atoms with Gasteiger partial charge in [0.25, 0.3) is 0 Å². The molecule has 0 fully saturated rings. The number of hydrogen-bond acceptors (Lipinski definition) is 6. The lowest BCUT2D eigenvalue weighted by Gasteiger charge is -2.13. The van der Waals surface area contributed by atoms with Crippen molar-refractivity contribution in [3.8, 4) is 91.8 Å². The van der Waals surface area contributed by atoms with Crippen molar-refractivity contribution in [2.24, 2.45) is 0 Å². The first-order valence-electron chi connectivity index (χ1n) is 22.6. The summed E-state index contributed by atoms with van der Waals surface area (Å²) >= 11 is 0. The van der Waals surface area contributed by atoms with Crippen LogP contribution in [0.25, 0.3) is 111 Å². The minimum absolute atomic E-state index is 0.383. The Hall–Kier alpha value is -10.4. The molecule has 8 heteroatoms. The molecular formula is C62H34N8. The van der Waals surface area contributed by atoms with Gasteiger partial charge >= 0.3 is 0 Å². The lowest BCUT2D eigenvalue weighted by molar-refractivity contribution is 1.17. The van der Waals surface area contributed by atoms with Gasteiger partial charge in [0.1, 0.15) is 0 Å². The molecule has 70 heavy (non-hydrogen) atoms. The highest BCUT2D eigenvalue weighted by Crippen LogP contribution is 2.39. The molecule has 3 aromatic heterocycles. The van der Waals surface area contributed by atoms with E-state index < -0.39 is 0 Å². The van der Waals surface area contributed by atoms with Gasteiger partial charge in [-0.25, -0.2) is 9.97 Å². The van der Waals surface area contributed by atoms with Crippen LogP contribution in [0.2, 0.25) is 0 Å². The highest BCUT2D eigenvalue weighted by atomic mass is 15.0. The van der Waals surface area contributed by atoms with E-state index in [9.17, 15) is 21.0 Å². The fourth-order valence-corrected chi connectivity index (χ4v) is 9.83. The highest BCUT2D eigenvalue weighted by Gasteiger charge is 2.19. The van der Waals surface area contributed by atoms with Gasteiger partial charge in [0, 0.05) is 55.2 Å². The summed E-state index contributed by atoms with van der Waals surface area (Å²) in [7, 11) is 0. The Balaban J connectivity index is 0.888. The van der Waals surface area contributed by atoms with E-state index in [0.29, 0.717) is 56.2 Å². The van der Waals surface area contributed by atoms with Gasteiger partial charge in [0.15, 0.2) is 5.82 Å². The predicted molar refractivity (Wildman–Crippen MR) is 277 cm³/mol. The van der Waals surface area contributed by atoms with E-state index in [0.717, 1.165) is 66.5 Å². The summed E-state index contributed by atoms with van der Waals surface area (Å²) < 4.78 is 4.64. The van der Waals surface area contributed by atoms with E-state index in [4.69, 9.17) is 9.97 Å². The highest BCUT2D eigenvalue weighted by molar-refractivity contribution is 6.12. The average molecular weight is 891 g/mol. The Morgan fingerprint density at radius 3 is 1.37 bits per heavy atom. The van der Waals surface area contributed by atoms with Gasteiger partial charge in [-0.05, 0) is 108 Å². The fraction of sp³-hybridized carbons (Fsp3) is 0. The molecule has 0 radical (unpaired) electrons. The second-order valence-electron chi connectivity index (χ2n) is 17.1. The van der Waals surface area contributed by atoms with Gasteiger partial charge in [-0.15, -0.1) is 0 Å².